The van der Waals surface area contributed by atoms with Crippen molar-refractivity contribution in [1.82, 2.24) is 14.8 Å². The molecule has 2 aliphatic heterocycles. The fourth-order valence-corrected chi connectivity index (χ4v) is 5.85. The first-order chi connectivity index (χ1) is 17.7. The molecule has 2 aliphatic rings. The summed E-state index contributed by atoms with van der Waals surface area (Å²) in [4.78, 5) is 10.9. The van der Waals surface area contributed by atoms with Crippen LogP contribution in [0.1, 0.15) is 38.7 Å². The molecule has 5 rings (SSSR count). The van der Waals surface area contributed by atoms with Gasteiger partial charge in [0, 0.05) is 79.7 Å². The molecule has 0 bridgehead atoms. The molecule has 2 atom stereocenters. The number of nitrogens with two attached hydrogens (primary N) is 1. The highest BCUT2D eigenvalue weighted by Gasteiger charge is 2.31. The zero-order valence-electron chi connectivity index (χ0n) is 21.8. The molecule has 2 aromatic carbocycles. The lowest BCUT2D eigenvalue weighted by Crippen LogP contribution is -2.51. The first-order valence-corrected chi connectivity index (χ1v) is 13.5. The Morgan fingerprint density at radius 1 is 1.00 bits per heavy atom. The van der Waals surface area contributed by atoms with Crippen LogP contribution in [0.4, 0.5) is 18.9 Å². The minimum absolute atomic E-state index is 0.221. The van der Waals surface area contributed by atoms with E-state index in [1.54, 1.807) is 0 Å². The number of anilines is 1. The molecular formula is C29H38F3N5. The van der Waals surface area contributed by atoms with E-state index in [9.17, 15) is 13.2 Å². The lowest BCUT2D eigenvalue weighted by atomic mass is 9.94. The standard InChI is InChI=1S/C29H38F3N5/c1-20(2)36-14-12-35(13-15-36)10-9-26-19-24(33)8-11-37(26)25-5-3-4-21(17-25)28-18-22-16-23(29(30,31)32)6-7-27(22)34-28/h3-7,16-18,20,24,26,34H,8-15,19,33H2,1-2H3. The summed E-state index contributed by atoms with van der Waals surface area (Å²) in [5.41, 5.74) is 9.42. The average Bonchev–Trinajstić information content (AvgIpc) is 3.31. The lowest BCUT2D eigenvalue weighted by Gasteiger charge is -2.42. The molecule has 3 aromatic rings. The summed E-state index contributed by atoms with van der Waals surface area (Å²) in [6.07, 6.45) is -1.34. The smallest absolute Gasteiger partial charge is 0.368 e. The van der Waals surface area contributed by atoms with Crippen LogP contribution in [0, 0.1) is 0 Å². The van der Waals surface area contributed by atoms with Gasteiger partial charge in [-0.2, -0.15) is 13.2 Å². The maximum atomic E-state index is 13.2. The van der Waals surface area contributed by atoms with Gasteiger partial charge in [0.25, 0.3) is 0 Å². The number of fused-ring (bicyclic) bond motifs is 1. The van der Waals surface area contributed by atoms with Crippen LogP contribution in [0.3, 0.4) is 0 Å². The van der Waals surface area contributed by atoms with Crippen molar-refractivity contribution in [1.29, 1.82) is 0 Å². The molecule has 0 amide bonds. The maximum absolute atomic E-state index is 13.2. The zero-order valence-corrected chi connectivity index (χ0v) is 21.8. The molecule has 3 heterocycles. The Kier molecular flexibility index (Phi) is 7.52. The number of rotatable bonds is 6. The van der Waals surface area contributed by atoms with Gasteiger partial charge in [-0.25, -0.2) is 0 Å². The van der Waals surface area contributed by atoms with E-state index in [0.29, 0.717) is 23.0 Å². The number of alkyl halides is 3. The Morgan fingerprint density at radius 2 is 1.78 bits per heavy atom. The zero-order chi connectivity index (χ0) is 26.2. The van der Waals surface area contributed by atoms with Gasteiger partial charge >= 0.3 is 6.18 Å². The van der Waals surface area contributed by atoms with Gasteiger partial charge in [-0.05, 0) is 75.1 Å². The number of benzene rings is 2. The minimum Gasteiger partial charge on any atom is -0.368 e. The number of nitrogens with one attached hydrogen (secondary N) is 1. The summed E-state index contributed by atoms with van der Waals surface area (Å²) in [6, 6.07) is 15.2. The number of hydrogen-bond donors (Lipinski definition) is 2. The van der Waals surface area contributed by atoms with E-state index in [4.69, 9.17) is 5.73 Å². The molecule has 0 radical (unpaired) electrons. The Balaban J connectivity index is 1.31. The van der Waals surface area contributed by atoms with Crippen LogP contribution in [-0.4, -0.2) is 72.2 Å². The van der Waals surface area contributed by atoms with E-state index in [1.807, 2.05) is 18.2 Å². The number of halogens is 3. The number of piperidine rings is 1. The fourth-order valence-electron chi connectivity index (χ4n) is 5.85. The molecule has 0 saturated carbocycles. The van der Waals surface area contributed by atoms with Crippen LogP contribution in [-0.2, 0) is 6.18 Å². The minimum atomic E-state index is -4.35. The second-order valence-corrected chi connectivity index (χ2v) is 10.9. The summed E-state index contributed by atoms with van der Waals surface area (Å²) < 4.78 is 39.5. The van der Waals surface area contributed by atoms with E-state index in [-0.39, 0.29) is 6.04 Å². The highest BCUT2D eigenvalue weighted by Crippen LogP contribution is 2.34. The van der Waals surface area contributed by atoms with Crippen LogP contribution in [0.25, 0.3) is 22.2 Å². The van der Waals surface area contributed by atoms with Crippen LogP contribution < -0.4 is 10.6 Å². The average molecular weight is 514 g/mol. The Labute approximate surface area is 217 Å². The summed E-state index contributed by atoms with van der Waals surface area (Å²) in [5, 5.41) is 0.564. The van der Waals surface area contributed by atoms with Gasteiger partial charge in [-0.3, -0.25) is 4.90 Å². The van der Waals surface area contributed by atoms with Gasteiger partial charge in [0.05, 0.1) is 5.56 Å². The Hall–Kier alpha value is -2.55. The summed E-state index contributed by atoms with van der Waals surface area (Å²) in [5.74, 6) is 0. The van der Waals surface area contributed by atoms with Crippen molar-refractivity contribution in [3.8, 4) is 11.3 Å². The predicted octanol–water partition coefficient (Wildman–Crippen LogP) is 5.57. The van der Waals surface area contributed by atoms with Gasteiger partial charge in [0.1, 0.15) is 0 Å². The normalized spacial score (nSPS) is 22.3. The molecule has 37 heavy (non-hydrogen) atoms. The number of aromatic nitrogens is 1. The van der Waals surface area contributed by atoms with Crippen LogP contribution in [0.5, 0.6) is 0 Å². The van der Waals surface area contributed by atoms with Gasteiger partial charge in [-0.15, -0.1) is 0 Å². The molecule has 5 nitrogen and oxygen atoms in total. The quantitative estimate of drug-likeness (QED) is 0.453. The van der Waals surface area contributed by atoms with Crippen molar-refractivity contribution in [2.24, 2.45) is 5.73 Å². The summed E-state index contributed by atoms with van der Waals surface area (Å²) >= 11 is 0. The van der Waals surface area contributed by atoms with Crippen molar-refractivity contribution in [2.75, 3.05) is 44.2 Å². The third-order valence-corrected chi connectivity index (χ3v) is 8.11. The monoisotopic (exact) mass is 513 g/mol. The molecule has 0 spiro atoms. The third-order valence-electron chi connectivity index (χ3n) is 8.11. The molecular weight excluding hydrogens is 475 g/mol. The predicted molar refractivity (Wildman–Crippen MR) is 145 cm³/mol. The highest BCUT2D eigenvalue weighted by atomic mass is 19.4. The number of H-pyrrole nitrogens is 1. The van der Waals surface area contributed by atoms with E-state index in [2.05, 4.69) is 45.7 Å². The van der Waals surface area contributed by atoms with Crippen molar-refractivity contribution >= 4 is 16.6 Å². The molecule has 200 valence electrons. The van der Waals surface area contributed by atoms with Gasteiger partial charge in [-0.1, -0.05) is 12.1 Å². The van der Waals surface area contributed by atoms with Gasteiger partial charge in [0.15, 0.2) is 0 Å². The van der Waals surface area contributed by atoms with E-state index < -0.39 is 11.7 Å². The molecule has 2 fully saturated rings. The maximum Gasteiger partial charge on any atom is 0.416 e. The second-order valence-electron chi connectivity index (χ2n) is 10.9. The molecule has 0 aliphatic carbocycles. The van der Waals surface area contributed by atoms with Crippen LogP contribution in [0.15, 0.2) is 48.5 Å². The topological polar surface area (TPSA) is 51.5 Å². The second kappa shape index (κ2) is 10.7. The van der Waals surface area contributed by atoms with E-state index in [1.165, 1.54) is 12.1 Å². The van der Waals surface area contributed by atoms with Crippen molar-refractivity contribution in [2.45, 2.75) is 57.4 Å². The number of aromatic amines is 1. The fraction of sp³-hybridized carbons (Fsp3) is 0.517. The van der Waals surface area contributed by atoms with Crippen molar-refractivity contribution < 1.29 is 13.2 Å². The molecule has 2 unspecified atom stereocenters. The lowest BCUT2D eigenvalue weighted by molar-refractivity contribution is -0.137. The highest BCUT2D eigenvalue weighted by molar-refractivity contribution is 5.87. The van der Waals surface area contributed by atoms with Crippen LogP contribution >= 0.6 is 0 Å². The molecule has 2 saturated heterocycles. The van der Waals surface area contributed by atoms with E-state index >= 15 is 0 Å². The largest absolute Gasteiger partial charge is 0.416 e. The first kappa shape index (κ1) is 26.1. The Bertz CT molecular complexity index is 1200. The van der Waals surface area contributed by atoms with Gasteiger partial charge < -0.3 is 20.5 Å². The number of nitrogens with zero attached hydrogens (tertiary/aromatic N) is 3. The number of hydrogen-bond acceptors (Lipinski definition) is 4. The van der Waals surface area contributed by atoms with Crippen molar-refractivity contribution in [3.05, 3.63) is 54.1 Å². The molecule has 3 N–H and O–H groups in total. The van der Waals surface area contributed by atoms with Crippen molar-refractivity contribution in [3.63, 3.8) is 0 Å². The summed E-state index contributed by atoms with van der Waals surface area (Å²) in [7, 11) is 0. The van der Waals surface area contributed by atoms with Crippen LogP contribution in [0.2, 0.25) is 0 Å². The molecule has 8 heteroatoms. The SMILES string of the molecule is CC(C)N1CCN(CCC2CC(N)CCN2c2cccc(-c3cc4cc(C(F)(F)F)ccc4[nH]3)c2)CC1. The third kappa shape index (κ3) is 5.97. The van der Waals surface area contributed by atoms with E-state index in [0.717, 1.165) is 81.5 Å². The summed E-state index contributed by atoms with van der Waals surface area (Å²) in [6.45, 7) is 11.0. The number of piperazine rings is 1. The Morgan fingerprint density at radius 3 is 2.51 bits per heavy atom. The first-order valence-electron chi connectivity index (χ1n) is 13.5. The van der Waals surface area contributed by atoms with Gasteiger partial charge in [0.2, 0.25) is 0 Å². The molecule has 1 aromatic heterocycles.